The van der Waals surface area contributed by atoms with E-state index in [2.05, 4.69) is 37.9 Å². The maximum Gasteiger partial charge on any atom is 0.240 e. The van der Waals surface area contributed by atoms with Crippen LogP contribution in [0.2, 0.25) is 0 Å². The van der Waals surface area contributed by atoms with Gasteiger partial charge in [0.2, 0.25) is 5.88 Å². The number of aryl methyl sites for hydroxylation is 1. The molecule has 2 heterocycles. The highest BCUT2D eigenvalue weighted by molar-refractivity contribution is 14.1. The van der Waals surface area contributed by atoms with Crippen LogP contribution in [0.25, 0.3) is 10.2 Å². The summed E-state index contributed by atoms with van der Waals surface area (Å²) in [5, 5.41) is 2.07. The Hall–Kier alpha value is -1.21. The predicted molar refractivity (Wildman–Crippen MR) is 81.4 cm³/mol. The molecule has 2 aromatic heterocycles. The molecule has 5 heteroatoms. The minimum atomic E-state index is 0.624. The van der Waals surface area contributed by atoms with Crippen molar-refractivity contribution in [1.82, 2.24) is 9.97 Å². The van der Waals surface area contributed by atoms with Crippen LogP contribution in [0.4, 0.5) is 0 Å². The third kappa shape index (κ3) is 2.20. The molecule has 0 aliphatic rings. The molecule has 90 valence electrons. The van der Waals surface area contributed by atoms with Crippen molar-refractivity contribution in [2.75, 3.05) is 0 Å². The van der Waals surface area contributed by atoms with Crippen LogP contribution in [-0.2, 0) is 0 Å². The molecule has 0 unspecified atom stereocenters. The number of halogens is 1. The van der Waals surface area contributed by atoms with E-state index in [1.54, 1.807) is 17.7 Å². The molecule has 0 bridgehead atoms. The SMILES string of the molecule is Cc1csc2c(Oc3ccc(I)cc3)ncnc12. The summed E-state index contributed by atoms with van der Waals surface area (Å²) >= 11 is 3.88. The van der Waals surface area contributed by atoms with Gasteiger partial charge in [-0.2, -0.15) is 0 Å². The Bertz CT molecular complexity index is 694. The molecule has 0 saturated heterocycles. The second kappa shape index (κ2) is 4.81. The Morgan fingerprint density at radius 1 is 1.17 bits per heavy atom. The van der Waals surface area contributed by atoms with Crippen molar-refractivity contribution in [1.29, 1.82) is 0 Å². The average molecular weight is 368 g/mol. The van der Waals surface area contributed by atoms with Crippen LogP contribution in [-0.4, -0.2) is 9.97 Å². The first-order chi connectivity index (χ1) is 8.74. The van der Waals surface area contributed by atoms with Gasteiger partial charge in [-0.15, -0.1) is 11.3 Å². The smallest absolute Gasteiger partial charge is 0.240 e. The largest absolute Gasteiger partial charge is 0.437 e. The van der Waals surface area contributed by atoms with E-state index in [1.807, 2.05) is 31.2 Å². The summed E-state index contributed by atoms with van der Waals surface area (Å²) in [4.78, 5) is 8.49. The van der Waals surface area contributed by atoms with Gasteiger partial charge >= 0.3 is 0 Å². The molecule has 0 amide bonds. The molecule has 0 saturated carbocycles. The number of hydrogen-bond acceptors (Lipinski definition) is 4. The molecular weight excluding hydrogens is 359 g/mol. The fourth-order valence-corrected chi connectivity index (χ4v) is 2.92. The first-order valence-corrected chi connectivity index (χ1v) is 7.32. The first kappa shape index (κ1) is 11.9. The normalized spacial score (nSPS) is 10.8. The van der Waals surface area contributed by atoms with Crippen molar-refractivity contribution in [3.63, 3.8) is 0 Å². The minimum Gasteiger partial charge on any atom is -0.437 e. The number of aromatic nitrogens is 2. The van der Waals surface area contributed by atoms with Crippen LogP contribution in [0.3, 0.4) is 0 Å². The zero-order chi connectivity index (χ0) is 12.5. The van der Waals surface area contributed by atoms with Gasteiger partial charge in [-0.1, -0.05) is 0 Å². The van der Waals surface area contributed by atoms with Gasteiger partial charge in [-0.05, 0) is 64.7 Å². The number of rotatable bonds is 2. The third-order valence-corrected chi connectivity index (χ3v) is 4.32. The van der Waals surface area contributed by atoms with E-state index in [1.165, 1.54) is 3.57 Å². The van der Waals surface area contributed by atoms with Gasteiger partial charge in [0.1, 0.15) is 16.8 Å². The Morgan fingerprint density at radius 2 is 1.94 bits per heavy atom. The molecule has 0 radical (unpaired) electrons. The Morgan fingerprint density at radius 3 is 2.72 bits per heavy atom. The third-order valence-electron chi connectivity index (χ3n) is 2.53. The molecule has 3 rings (SSSR count). The molecule has 1 aromatic carbocycles. The van der Waals surface area contributed by atoms with Crippen LogP contribution in [0.5, 0.6) is 11.6 Å². The Balaban J connectivity index is 2.02. The summed E-state index contributed by atoms with van der Waals surface area (Å²) in [6, 6.07) is 7.90. The zero-order valence-electron chi connectivity index (χ0n) is 9.55. The van der Waals surface area contributed by atoms with Crippen LogP contribution < -0.4 is 4.74 Å². The molecule has 0 fully saturated rings. The van der Waals surface area contributed by atoms with Crippen LogP contribution in [0.1, 0.15) is 5.56 Å². The second-order valence-corrected chi connectivity index (χ2v) is 5.96. The van der Waals surface area contributed by atoms with Crippen molar-refractivity contribution in [2.45, 2.75) is 6.92 Å². The lowest BCUT2D eigenvalue weighted by Gasteiger charge is -2.05. The maximum absolute atomic E-state index is 5.82. The monoisotopic (exact) mass is 368 g/mol. The molecule has 0 spiro atoms. The van der Waals surface area contributed by atoms with Crippen LogP contribution in [0, 0.1) is 10.5 Å². The van der Waals surface area contributed by atoms with Gasteiger partial charge in [0.25, 0.3) is 0 Å². The second-order valence-electron chi connectivity index (χ2n) is 3.83. The Kier molecular flexibility index (Phi) is 3.17. The van der Waals surface area contributed by atoms with Crippen molar-refractivity contribution >= 4 is 44.1 Å². The molecule has 0 N–H and O–H groups in total. The number of ether oxygens (including phenoxy) is 1. The van der Waals surface area contributed by atoms with Gasteiger partial charge in [-0.25, -0.2) is 9.97 Å². The minimum absolute atomic E-state index is 0.624. The topological polar surface area (TPSA) is 35.0 Å². The van der Waals surface area contributed by atoms with Crippen molar-refractivity contribution in [3.05, 3.63) is 45.1 Å². The number of nitrogens with zero attached hydrogens (tertiary/aromatic N) is 2. The molecule has 0 aliphatic heterocycles. The van der Waals surface area contributed by atoms with Gasteiger partial charge < -0.3 is 4.74 Å². The highest BCUT2D eigenvalue weighted by Crippen LogP contribution is 2.32. The Labute approximate surface area is 122 Å². The number of thiophene rings is 1. The average Bonchev–Trinajstić information content (AvgIpc) is 2.76. The van der Waals surface area contributed by atoms with E-state index in [0.29, 0.717) is 5.88 Å². The van der Waals surface area contributed by atoms with Crippen molar-refractivity contribution in [3.8, 4) is 11.6 Å². The summed E-state index contributed by atoms with van der Waals surface area (Å²) in [6.45, 7) is 2.04. The van der Waals surface area contributed by atoms with E-state index in [-0.39, 0.29) is 0 Å². The van der Waals surface area contributed by atoms with Gasteiger partial charge in [0.05, 0.1) is 5.52 Å². The van der Waals surface area contributed by atoms with Gasteiger partial charge in [0.15, 0.2) is 0 Å². The molecule has 3 aromatic rings. The van der Waals surface area contributed by atoms with E-state index < -0.39 is 0 Å². The van der Waals surface area contributed by atoms with E-state index in [4.69, 9.17) is 4.74 Å². The van der Waals surface area contributed by atoms with E-state index in [0.717, 1.165) is 21.5 Å². The fourth-order valence-electron chi connectivity index (χ4n) is 1.63. The standard InChI is InChI=1S/C13H9IN2OS/c1-8-6-18-12-11(8)15-7-16-13(12)17-10-4-2-9(14)3-5-10/h2-7H,1H3. The lowest BCUT2D eigenvalue weighted by atomic mass is 10.3. The zero-order valence-corrected chi connectivity index (χ0v) is 12.5. The molecular formula is C13H9IN2OS. The predicted octanol–water partition coefficient (Wildman–Crippen LogP) is 4.40. The first-order valence-electron chi connectivity index (χ1n) is 5.36. The van der Waals surface area contributed by atoms with Gasteiger partial charge in [-0.3, -0.25) is 0 Å². The lowest BCUT2D eigenvalue weighted by molar-refractivity contribution is 0.469. The summed E-state index contributed by atoms with van der Waals surface area (Å²) in [7, 11) is 0. The lowest BCUT2D eigenvalue weighted by Crippen LogP contribution is -1.89. The summed E-state index contributed by atoms with van der Waals surface area (Å²) in [5.41, 5.74) is 2.13. The molecule has 0 atom stereocenters. The summed E-state index contributed by atoms with van der Waals surface area (Å²) < 4.78 is 7.99. The number of fused-ring (bicyclic) bond motifs is 1. The number of benzene rings is 1. The quantitative estimate of drug-likeness (QED) is 0.629. The van der Waals surface area contributed by atoms with Crippen molar-refractivity contribution < 1.29 is 4.74 Å². The molecule has 3 nitrogen and oxygen atoms in total. The molecule has 0 aliphatic carbocycles. The summed E-state index contributed by atoms with van der Waals surface area (Å²) in [6.07, 6.45) is 1.55. The fraction of sp³-hybridized carbons (Fsp3) is 0.0769. The number of hydrogen-bond donors (Lipinski definition) is 0. The van der Waals surface area contributed by atoms with E-state index in [9.17, 15) is 0 Å². The summed E-state index contributed by atoms with van der Waals surface area (Å²) in [5.74, 6) is 1.42. The highest BCUT2D eigenvalue weighted by atomic mass is 127. The van der Waals surface area contributed by atoms with Gasteiger partial charge in [0, 0.05) is 3.57 Å². The van der Waals surface area contributed by atoms with Crippen LogP contribution >= 0.6 is 33.9 Å². The van der Waals surface area contributed by atoms with Crippen LogP contribution in [0.15, 0.2) is 36.0 Å². The highest BCUT2D eigenvalue weighted by Gasteiger charge is 2.09. The van der Waals surface area contributed by atoms with Crippen molar-refractivity contribution in [2.24, 2.45) is 0 Å². The molecule has 18 heavy (non-hydrogen) atoms. The van der Waals surface area contributed by atoms with E-state index >= 15 is 0 Å². The maximum atomic E-state index is 5.82.